The van der Waals surface area contributed by atoms with Crippen LogP contribution in [-0.4, -0.2) is 20.6 Å². The van der Waals surface area contributed by atoms with Crippen LogP contribution in [0, 0.1) is 0 Å². The lowest BCUT2D eigenvalue weighted by molar-refractivity contribution is 0.102. The molecule has 112 valence electrons. The van der Waals surface area contributed by atoms with Crippen LogP contribution in [0.3, 0.4) is 0 Å². The Kier molecular flexibility index (Phi) is 4.46. The van der Waals surface area contributed by atoms with E-state index in [2.05, 4.69) is 10.0 Å². The molecule has 21 heavy (non-hydrogen) atoms. The second-order valence-corrected chi connectivity index (χ2v) is 6.63. The Morgan fingerprint density at radius 3 is 2.52 bits per heavy atom. The van der Waals surface area contributed by atoms with Crippen LogP contribution in [-0.2, 0) is 10.0 Å². The first-order chi connectivity index (χ1) is 9.76. The van der Waals surface area contributed by atoms with Crippen LogP contribution in [0.4, 0.5) is 11.4 Å². The molecule has 0 radical (unpaired) electrons. The van der Waals surface area contributed by atoms with E-state index in [0.717, 1.165) is 6.26 Å². The summed E-state index contributed by atoms with van der Waals surface area (Å²) in [7, 11) is -3.43. The van der Waals surface area contributed by atoms with E-state index in [1.165, 1.54) is 30.5 Å². The Hall–Kier alpha value is -1.70. The van der Waals surface area contributed by atoms with Gasteiger partial charge in [0.25, 0.3) is 5.91 Å². The van der Waals surface area contributed by atoms with Gasteiger partial charge in [-0.15, -0.1) is 0 Å². The topological polar surface area (TPSA) is 88.4 Å². The van der Waals surface area contributed by atoms with Crippen molar-refractivity contribution in [2.45, 2.75) is 0 Å². The fourth-order valence-corrected chi connectivity index (χ4v) is 2.46. The van der Waals surface area contributed by atoms with E-state index in [1.807, 2.05) is 0 Å². The molecule has 1 aromatic carbocycles. The van der Waals surface area contributed by atoms with Crippen molar-refractivity contribution >= 4 is 50.5 Å². The van der Waals surface area contributed by atoms with Gasteiger partial charge in [0.15, 0.2) is 0 Å². The smallest absolute Gasteiger partial charge is 0.260 e. The van der Waals surface area contributed by atoms with Crippen molar-refractivity contribution in [1.82, 2.24) is 0 Å². The molecular weight excluding hydrogens is 339 g/mol. The highest BCUT2D eigenvalue weighted by molar-refractivity contribution is 7.92. The van der Waals surface area contributed by atoms with Crippen molar-refractivity contribution in [2.24, 2.45) is 0 Å². The number of anilines is 2. The third kappa shape index (κ3) is 4.13. The van der Waals surface area contributed by atoms with Crippen molar-refractivity contribution in [3.05, 3.63) is 46.3 Å². The molecular formula is C12H10Cl2N2O4S. The largest absolute Gasteiger partial charge is 0.452 e. The van der Waals surface area contributed by atoms with Gasteiger partial charge < -0.3 is 9.73 Å². The van der Waals surface area contributed by atoms with E-state index in [-0.39, 0.29) is 27.2 Å². The summed E-state index contributed by atoms with van der Waals surface area (Å²) in [6.45, 7) is 0. The van der Waals surface area contributed by atoms with Gasteiger partial charge >= 0.3 is 0 Å². The van der Waals surface area contributed by atoms with Gasteiger partial charge in [-0.1, -0.05) is 11.6 Å². The summed E-state index contributed by atoms with van der Waals surface area (Å²) in [5, 5.41) is 2.73. The maximum Gasteiger partial charge on any atom is 0.260 e. The van der Waals surface area contributed by atoms with Gasteiger partial charge in [-0.3, -0.25) is 9.52 Å². The zero-order valence-corrected chi connectivity index (χ0v) is 13.0. The quantitative estimate of drug-likeness (QED) is 0.887. The maximum atomic E-state index is 12.0. The van der Waals surface area contributed by atoms with Gasteiger partial charge in [-0.2, -0.15) is 0 Å². The van der Waals surface area contributed by atoms with Crippen LogP contribution >= 0.6 is 23.2 Å². The van der Waals surface area contributed by atoms with Crippen molar-refractivity contribution in [2.75, 3.05) is 16.3 Å². The lowest BCUT2D eigenvalue weighted by Gasteiger charge is -2.09. The summed E-state index contributed by atoms with van der Waals surface area (Å²) in [5.74, 6) is -0.521. The minimum atomic E-state index is -3.43. The molecule has 2 rings (SSSR count). The molecule has 0 unspecified atom stereocenters. The molecule has 0 bridgehead atoms. The molecule has 0 saturated carbocycles. The van der Waals surface area contributed by atoms with E-state index >= 15 is 0 Å². The molecule has 0 spiro atoms. The van der Waals surface area contributed by atoms with Crippen molar-refractivity contribution < 1.29 is 17.6 Å². The van der Waals surface area contributed by atoms with Gasteiger partial charge in [0.1, 0.15) is 0 Å². The van der Waals surface area contributed by atoms with Crippen molar-refractivity contribution in [1.29, 1.82) is 0 Å². The van der Waals surface area contributed by atoms with E-state index in [9.17, 15) is 13.2 Å². The number of amides is 1. The molecule has 0 aliphatic rings. The van der Waals surface area contributed by atoms with Gasteiger partial charge in [-0.05, 0) is 35.9 Å². The highest BCUT2D eigenvalue weighted by atomic mass is 35.5. The standard InChI is InChI=1S/C12H10Cl2N2O4S/c1-21(18,19)16-7-2-3-9(13)10(6-7)15-12(17)8-4-5-20-11(8)14/h2-6,16H,1H3,(H,15,17). The molecule has 0 atom stereocenters. The summed E-state index contributed by atoms with van der Waals surface area (Å²) < 4.78 is 29.5. The summed E-state index contributed by atoms with van der Waals surface area (Å²) in [4.78, 5) is 12.0. The zero-order chi connectivity index (χ0) is 15.6. The molecule has 6 nitrogen and oxygen atoms in total. The highest BCUT2D eigenvalue weighted by Gasteiger charge is 2.15. The number of carbonyl (C=O) groups is 1. The van der Waals surface area contributed by atoms with Crippen molar-refractivity contribution in [3.63, 3.8) is 0 Å². The number of rotatable bonds is 4. The van der Waals surface area contributed by atoms with E-state index in [4.69, 9.17) is 27.6 Å². The predicted molar refractivity (Wildman–Crippen MR) is 81.6 cm³/mol. The number of halogens is 2. The number of furan rings is 1. The maximum absolute atomic E-state index is 12.0. The van der Waals surface area contributed by atoms with Crippen LogP contribution in [0.2, 0.25) is 10.2 Å². The molecule has 1 aromatic heterocycles. The summed E-state index contributed by atoms with van der Waals surface area (Å²) in [5.41, 5.74) is 0.664. The molecule has 1 heterocycles. The van der Waals surface area contributed by atoms with E-state index < -0.39 is 15.9 Å². The average Bonchev–Trinajstić information content (AvgIpc) is 2.78. The predicted octanol–water partition coefficient (Wildman–Crippen LogP) is 3.21. The van der Waals surface area contributed by atoms with E-state index in [0.29, 0.717) is 0 Å². The highest BCUT2D eigenvalue weighted by Crippen LogP contribution is 2.27. The third-order valence-corrected chi connectivity index (χ3v) is 3.61. The zero-order valence-electron chi connectivity index (χ0n) is 10.7. The molecule has 2 aromatic rings. The molecule has 0 saturated heterocycles. The number of sulfonamides is 1. The fraction of sp³-hybridized carbons (Fsp3) is 0.0833. The number of carbonyl (C=O) groups excluding carboxylic acids is 1. The third-order valence-electron chi connectivity index (χ3n) is 2.38. The van der Waals surface area contributed by atoms with Crippen molar-refractivity contribution in [3.8, 4) is 0 Å². The number of benzene rings is 1. The summed E-state index contributed by atoms with van der Waals surface area (Å²) in [6, 6.07) is 5.74. The Morgan fingerprint density at radius 2 is 1.95 bits per heavy atom. The van der Waals surface area contributed by atoms with Gasteiger partial charge in [-0.25, -0.2) is 8.42 Å². The normalized spacial score (nSPS) is 11.2. The minimum Gasteiger partial charge on any atom is -0.452 e. The minimum absolute atomic E-state index is 0.0472. The average molecular weight is 349 g/mol. The van der Waals surface area contributed by atoms with Gasteiger partial charge in [0.2, 0.25) is 15.2 Å². The monoisotopic (exact) mass is 348 g/mol. The van der Waals surface area contributed by atoms with Gasteiger partial charge in [0.05, 0.1) is 34.5 Å². The molecule has 2 N–H and O–H groups in total. The van der Waals surface area contributed by atoms with Crippen LogP contribution in [0.25, 0.3) is 0 Å². The first-order valence-electron chi connectivity index (χ1n) is 5.58. The Balaban J connectivity index is 2.25. The lowest BCUT2D eigenvalue weighted by atomic mass is 10.2. The van der Waals surface area contributed by atoms with E-state index in [1.54, 1.807) is 0 Å². The first kappa shape index (κ1) is 15.7. The number of hydrogen-bond acceptors (Lipinski definition) is 4. The van der Waals surface area contributed by atoms with Crippen LogP contribution in [0.5, 0.6) is 0 Å². The summed E-state index contributed by atoms with van der Waals surface area (Å²) >= 11 is 11.7. The first-order valence-corrected chi connectivity index (χ1v) is 8.23. The van der Waals surface area contributed by atoms with Crippen LogP contribution < -0.4 is 10.0 Å². The molecule has 0 aliphatic heterocycles. The Bertz CT molecular complexity index is 786. The Morgan fingerprint density at radius 1 is 1.24 bits per heavy atom. The number of hydrogen-bond donors (Lipinski definition) is 2. The Labute approximate surface area is 131 Å². The van der Waals surface area contributed by atoms with Crippen LogP contribution in [0.1, 0.15) is 10.4 Å². The molecule has 9 heteroatoms. The number of nitrogens with one attached hydrogen (secondary N) is 2. The molecule has 0 fully saturated rings. The SMILES string of the molecule is CS(=O)(=O)Nc1ccc(Cl)c(NC(=O)c2ccoc2Cl)c1. The summed E-state index contributed by atoms with van der Waals surface area (Å²) in [6.07, 6.45) is 2.30. The molecule has 1 amide bonds. The van der Waals surface area contributed by atoms with Gasteiger partial charge in [0, 0.05) is 0 Å². The lowest BCUT2D eigenvalue weighted by Crippen LogP contribution is -2.13. The fourth-order valence-electron chi connectivity index (χ4n) is 1.54. The van der Waals surface area contributed by atoms with Crippen LogP contribution in [0.15, 0.2) is 34.9 Å². The molecule has 0 aliphatic carbocycles. The second-order valence-electron chi connectivity index (χ2n) is 4.13. The second kappa shape index (κ2) is 5.97.